The largest absolute Gasteiger partial charge is 0.496 e. The van der Waals surface area contributed by atoms with Crippen LogP contribution >= 0.6 is 0 Å². The monoisotopic (exact) mass is 368 g/mol. The second-order valence-corrected chi connectivity index (χ2v) is 7.42. The third-order valence-corrected chi connectivity index (χ3v) is 4.92. The van der Waals surface area contributed by atoms with Crippen LogP contribution in [0.4, 0.5) is 11.4 Å². The highest BCUT2D eigenvalue weighted by atomic mass is 16.5. The van der Waals surface area contributed by atoms with Gasteiger partial charge < -0.3 is 19.7 Å². The van der Waals surface area contributed by atoms with E-state index in [2.05, 4.69) is 36.2 Å². The third kappa shape index (κ3) is 4.80. The lowest BCUT2D eigenvalue weighted by Gasteiger charge is -2.43. The minimum atomic E-state index is -0.0300. The summed E-state index contributed by atoms with van der Waals surface area (Å²) < 4.78 is 10.9. The Bertz CT molecular complexity index is 771. The van der Waals surface area contributed by atoms with E-state index in [1.54, 1.807) is 7.11 Å². The van der Waals surface area contributed by atoms with Gasteiger partial charge in [-0.1, -0.05) is 18.2 Å². The molecule has 0 atom stereocenters. The first kappa shape index (κ1) is 19.2. The van der Waals surface area contributed by atoms with Gasteiger partial charge in [0.25, 0.3) is 0 Å². The highest BCUT2D eigenvalue weighted by molar-refractivity contribution is 5.91. The molecule has 27 heavy (non-hydrogen) atoms. The van der Waals surface area contributed by atoms with Gasteiger partial charge in [-0.15, -0.1) is 0 Å². The number of anilines is 2. The lowest BCUT2D eigenvalue weighted by molar-refractivity contribution is -0.116. The van der Waals surface area contributed by atoms with Crippen molar-refractivity contribution in [3.05, 3.63) is 54.1 Å². The molecule has 2 aromatic carbocycles. The number of ether oxygens (including phenoxy) is 2. The highest BCUT2D eigenvalue weighted by Crippen LogP contribution is 2.28. The van der Waals surface area contributed by atoms with Crippen molar-refractivity contribution in [1.82, 2.24) is 0 Å². The number of hydrogen-bond donors (Lipinski definition) is 1. The van der Waals surface area contributed by atoms with Crippen LogP contribution in [0.3, 0.4) is 0 Å². The fourth-order valence-corrected chi connectivity index (χ4v) is 3.44. The molecule has 5 heteroatoms. The van der Waals surface area contributed by atoms with E-state index in [-0.39, 0.29) is 11.4 Å². The van der Waals surface area contributed by atoms with E-state index in [9.17, 15) is 4.79 Å². The number of nitrogens with zero attached hydrogens (tertiary/aromatic N) is 1. The van der Waals surface area contributed by atoms with Crippen LogP contribution in [0, 0.1) is 0 Å². The first-order valence-electron chi connectivity index (χ1n) is 9.37. The number of carbonyl (C=O) groups excluding carboxylic acids is 1. The number of benzene rings is 2. The molecule has 5 nitrogen and oxygen atoms in total. The summed E-state index contributed by atoms with van der Waals surface area (Å²) >= 11 is 0. The number of hydrogen-bond acceptors (Lipinski definition) is 4. The quantitative estimate of drug-likeness (QED) is 0.841. The molecule has 1 saturated heterocycles. The minimum Gasteiger partial charge on any atom is -0.496 e. The Kier molecular flexibility index (Phi) is 6.01. The molecule has 1 aliphatic heterocycles. The fraction of sp³-hybridized carbons (Fsp3) is 0.409. The van der Waals surface area contributed by atoms with Gasteiger partial charge in [0.15, 0.2) is 0 Å². The van der Waals surface area contributed by atoms with Crippen LogP contribution < -0.4 is 15.0 Å². The van der Waals surface area contributed by atoms with Crippen molar-refractivity contribution in [3.63, 3.8) is 0 Å². The first-order valence-corrected chi connectivity index (χ1v) is 9.37. The number of aryl methyl sites for hydroxylation is 1. The molecule has 144 valence electrons. The van der Waals surface area contributed by atoms with Gasteiger partial charge in [0.2, 0.25) is 5.91 Å². The maximum atomic E-state index is 12.3. The fourth-order valence-electron chi connectivity index (χ4n) is 3.44. The average molecular weight is 368 g/mol. The molecule has 1 fully saturated rings. The molecule has 1 N–H and O–H groups in total. The molecule has 1 heterocycles. The molecule has 2 aromatic rings. The molecule has 0 radical (unpaired) electrons. The zero-order valence-electron chi connectivity index (χ0n) is 16.3. The summed E-state index contributed by atoms with van der Waals surface area (Å²) in [6, 6.07) is 15.8. The van der Waals surface area contributed by atoms with E-state index in [1.807, 2.05) is 36.4 Å². The third-order valence-electron chi connectivity index (χ3n) is 4.92. The molecule has 1 amide bonds. The van der Waals surface area contributed by atoms with Gasteiger partial charge >= 0.3 is 0 Å². The van der Waals surface area contributed by atoms with Gasteiger partial charge in [0.1, 0.15) is 5.75 Å². The zero-order valence-corrected chi connectivity index (χ0v) is 16.3. The first-order chi connectivity index (χ1) is 13.0. The van der Waals surface area contributed by atoms with Crippen molar-refractivity contribution in [1.29, 1.82) is 0 Å². The van der Waals surface area contributed by atoms with Crippen molar-refractivity contribution >= 4 is 17.3 Å². The SMILES string of the molecule is COc1ccccc1CCC(=O)Nc1ccc(N2CCOCC2(C)C)cc1. The van der Waals surface area contributed by atoms with Crippen molar-refractivity contribution in [2.75, 3.05) is 37.1 Å². The normalized spacial score (nSPS) is 16.0. The van der Waals surface area contributed by atoms with E-state index < -0.39 is 0 Å². The average Bonchev–Trinajstić information content (AvgIpc) is 2.67. The van der Waals surface area contributed by atoms with Crippen LogP contribution in [0.1, 0.15) is 25.8 Å². The van der Waals surface area contributed by atoms with Gasteiger partial charge in [-0.3, -0.25) is 4.79 Å². The maximum Gasteiger partial charge on any atom is 0.224 e. The van der Waals surface area contributed by atoms with Crippen molar-refractivity contribution in [2.24, 2.45) is 0 Å². The van der Waals surface area contributed by atoms with Crippen LogP contribution in [0.2, 0.25) is 0 Å². The number of amides is 1. The molecule has 0 saturated carbocycles. The van der Waals surface area contributed by atoms with Crippen molar-refractivity contribution in [2.45, 2.75) is 32.2 Å². The Balaban J connectivity index is 1.57. The molecule has 0 unspecified atom stereocenters. The second-order valence-electron chi connectivity index (χ2n) is 7.42. The molecule has 0 aliphatic carbocycles. The lowest BCUT2D eigenvalue weighted by atomic mass is 10.0. The molecular weight excluding hydrogens is 340 g/mol. The van der Waals surface area contributed by atoms with Gasteiger partial charge in [0, 0.05) is 24.3 Å². The maximum absolute atomic E-state index is 12.3. The van der Waals surface area contributed by atoms with Crippen LogP contribution in [0.25, 0.3) is 0 Å². The number of morpholine rings is 1. The summed E-state index contributed by atoms with van der Waals surface area (Å²) in [5, 5.41) is 2.98. The second kappa shape index (κ2) is 8.44. The Morgan fingerprint density at radius 3 is 2.63 bits per heavy atom. The predicted molar refractivity (Wildman–Crippen MR) is 109 cm³/mol. The highest BCUT2D eigenvalue weighted by Gasteiger charge is 2.30. The molecule has 3 rings (SSSR count). The summed E-state index contributed by atoms with van der Waals surface area (Å²) in [5.41, 5.74) is 2.97. The van der Waals surface area contributed by atoms with Crippen LogP contribution in [-0.4, -0.2) is 38.3 Å². The van der Waals surface area contributed by atoms with Crippen LogP contribution in [0.15, 0.2) is 48.5 Å². The van der Waals surface area contributed by atoms with Gasteiger partial charge in [-0.25, -0.2) is 0 Å². The van der Waals surface area contributed by atoms with Crippen molar-refractivity contribution < 1.29 is 14.3 Å². The predicted octanol–water partition coefficient (Wildman–Crippen LogP) is 3.88. The number of nitrogens with one attached hydrogen (secondary N) is 1. The van der Waals surface area contributed by atoms with Gasteiger partial charge in [0.05, 0.1) is 25.9 Å². The molecule has 1 aliphatic rings. The standard InChI is InChI=1S/C22H28N2O3/c1-22(2)16-27-15-14-24(22)19-11-9-18(10-12-19)23-21(25)13-8-17-6-4-5-7-20(17)26-3/h4-7,9-12H,8,13-16H2,1-3H3,(H,23,25). The number of para-hydroxylation sites is 1. The Morgan fingerprint density at radius 1 is 1.19 bits per heavy atom. The number of carbonyl (C=O) groups is 1. The minimum absolute atomic E-state index is 0.000332. The zero-order chi connectivity index (χ0) is 19.3. The van der Waals surface area contributed by atoms with Crippen molar-refractivity contribution in [3.8, 4) is 5.75 Å². The smallest absolute Gasteiger partial charge is 0.224 e. The summed E-state index contributed by atoms with van der Waals surface area (Å²) in [6.45, 7) is 6.69. The van der Waals surface area contributed by atoms with Crippen LogP contribution in [-0.2, 0) is 16.0 Å². The summed E-state index contributed by atoms with van der Waals surface area (Å²) in [6.07, 6.45) is 1.06. The number of methoxy groups -OCH3 is 1. The molecule has 0 spiro atoms. The van der Waals surface area contributed by atoms with Crippen LogP contribution in [0.5, 0.6) is 5.75 Å². The van der Waals surface area contributed by atoms with E-state index in [0.717, 1.165) is 35.8 Å². The lowest BCUT2D eigenvalue weighted by Crippen LogP contribution is -2.53. The summed E-state index contributed by atoms with van der Waals surface area (Å²) in [4.78, 5) is 14.6. The van der Waals surface area contributed by atoms with E-state index in [1.165, 1.54) is 0 Å². The van der Waals surface area contributed by atoms with E-state index in [4.69, 9.17) is 9.47 Å². The van der Waals surface area contributed by atoms with E-state index in [0.29, 0.717) is 19.4 Å². The molecule has 0 bridgehead atoms. The van der Waals surface area contributed by atoms with Gasteiger partial charge in [-0.2, -0.15) is 0 Å². The molecule has 0 aromatic heterocycles. The topological polar surface area (TPSA) is 50.8 Å². The number of rotatable bonds is 6. The Hall–Kier alpha value is -2.53. The van der Waals surface area contributed by atoms with Gasteiger partial charge in [-0.05, 0) is 56.2 Å². The summed E-state index contributed by atoms with van der Waals surface area (Å²) in [5.74, 6) is 0.822. The Morgan fingerprint density at radius 2 is 1.93 bits per heavy atom. The summed E-state index contributed by atoms with van der Waals surface area (Å²) in [7, 11) is 1.65. The Labute approximate surface area is 161 Å². The van der Waals surface area contributed by atoms with E-state index >= 15 is 0 Å². The molecular formula is C22H28N2O3.